The van der Waals surface area contributed by atoms with Gasteiger partial charge in [-0.1, -0.05) is 18.2 Å². The molecular weight excluding hydrogens is 467 g/mol. The number of phenols is 2. The first-order valence-corrected chi connectivity index (χ1v) is 8.90. The fourth-order valence-electron chi connectivity index (χ4n) is 1.99. The number of nitrogens with two attached hydrogens (primary N) is 2. The highest BCUT2D eigenvalue weighted by atomic mass is 127. The molecule has 2 unspecified atom stereocenters. The summed E-state index contributed by atoms with van der Waals surface area (Å²) in [6, 6.07) is 9.45. The summed E-state index contributed by atoms with van der Waals surface area (Å²) in [6.45, 7) is 0. The Balaban J connectivity index is 0.000000271. The number of carboxylic acids is 2. The molecule has 0 aliphatic heterocycles. The Hall–Kier alpha value is -2.37. The van der Waals surface area contributed by atoms with Crippen molar-refractivity contribution in [2.45, 2.75) is 24.9 Å². The number of hydrogen-bond acceptors (Lipinski definition) is 6. The maximum atomic E-state index is 10.5. The van der Waals surface area contributed by atoms with Crippen LogP contribution in [0.3, 0.4) is 0 Å². The minimum Gasteiger partial charge on any atom is -0.508 e. The van der Waals surface area contributed by atoms with Crippen molar-refractivity contribution >= 4 is 34.5 Å². The number of halogens is 1. The van der Waals surface area contributed by atoms with Gasteiger partial charge in [-0.15, -0.1) is 0 Å². The second-order valence-electron chi connectivity index (χ2n) is 5.75. The molecule has 2 aromatic carbocycles. The van der Waals surface area contributed by atoms with Gasteiger partial charge in [0.2, 0.25) is 0 Å². The highest BCUT2D eigenvalue weighted by Crippen LogP contribution is 2.20. The number of carbonyl (C=O) groups is 2. The van der Waals surface area contributed by atoms with Gasteiger partial charge >= 0.3 is 11.9 Å². The summed E-state index contributed by atoms with van der Waals surface area (Å²) in [5.41, 5.74) is 12.3. The number of aliphatic carboxylic acids is 2. The zero-order valence-electron chi connectivity index (χ0n) is 14.2. The monoisotopic (exact) mass is 488 g/mol. The Morgan fingerprint density at radius 1 is 0.852 bits per heavy atom. The van der Waals surface area contributed by atoms with Gasteiger partial charge in [-0.2, -0.15) is 0 Å². The molecule has 0 fully saturated rings. The molecule has 8 N–H and O–H groups in total. The van der Waals surface area contributed by atoms with Crippen LogP contribution in [-0.2, 0) is 22.4 Å². The second kappa shape index (κ2) is 10.7. The van der Waals surface area contributed by atoms with Crippen molar-refractivity contribution in [1.29, 1.82) is 0 Å². The molecule has 2 atom stereocenters. The normalized spacial score (nSPS) is 12.4. The van der Waals surface area contributed by atoms with Crippen LogP contribution in [0.5, 0.6) is 11.5 Å². The molecule has 0 amide bonds. The third-order valence-corrected chi connectivity index (χ3v) is 4.36. The molecule has 2 aromatic rings. The van der Waals surface area contributed by atoms with Crippen LogP contribution in [-0.4, -0.2) is 44.4 Å². The quantitative estimate of drug-likeness (QED) is 0.331. The molecule has 2 rings (SSSR count). The maximum Gasteiger partial charge on any atom is 0.320 e. The number of aromatic hydroxyl groups is 2. The van der Waals surface area contributed by atoms with Crippen molar-refractivity contribution in [1.82, 2.24) is 0 Å². The summed E-state index contributed by atoms with van der Waals surface area (Å²) in [7, 11) is 0. The van der Waals surface area contributed by atoms with Gasteiger partial charge in [0, 0.05) is 0 Å². The van der Waals surface area contributed by atoms with E-state index in [4.69, 9.17) is 26.8 Å². The maximum absolute atomic E-state index is 10.5. The van der Waals surface area contributed by atoms with E-state index in [-0.39, 0.29) is 24.3 Å². The van der Waals surface area contributed by atoms with E-state index < -0.39 is 24.0 Å². The zero-order chi connectivity index (χ0) is 20.6. The van der Waals surface area contributed by atoms with Crippen molar-refractivity contribution in [2.24, 2.45) is 11.5 Å². The summed E-state index contributed by atoms with van der Waals surface area (Å²) in [4.78, 5) is 20.9. The van der Waals surface area contributed by atoms with Crippen LogP contribution in [0.1, 0.15) is 11.1 Å². The molecule has 8 nitrogen and oxygen atoms in total. The smallest absolute Gasteiger partial charge is 0.320 e. The summed E-state index contributed by atoms with van der Waals surface area (Å²) >= 11 is 1.98. The van der Waals surface area contributed by atoms with Gasteiger partial charge in [0.1, 0.15) is 23.6 Å². The van der Waals surface area contributed by atoms with Crippen LogP contribution in [0, 0.1) is 3.57 Å². The highest BCUT2D eigenvalue weighted by molar-refractivity contribution is 14.1. The van der Waals surface area contributed by atoms with Gasteiger partial charge in [0.15, 0.2) is 0 Å². The molecular formula is C18H21IN2O6. The lowest BCUT2D eigenvalue weighted by atomic mass is 10.1. The number of phenolic OH excluding ortho intramolecular Hbond substituents is 2. The predicted octanol–water partition coefficient (Wildman–Crippen LogP) is 1.30. The van der Waals surface area contributed by atoms with E-state index in [0.29, 0.717) is 3.57 Å². The van der Waals surface area contributed by atoms with Gasteiger partial charge in [0.05, 0.1) is 3.57 Å². The van der Waals surface area contributed by atoms with Gasteiger partial charge in [-0.3, -0.25) is 9.59 Å². The molecule has 0 saturated heterocycles. The lowest BCUT2D eigenvalue weighted by Gasteiger charge is -2.07. The highest BCUT2D eigenvalue weighted by Gasteiger charge is 2.13. The molecule has 0 aliphatic carbocycles. The Kier molecular flexibility index (Phi) is 8.98. The average Bonchev–Trinajstić information content (AvgIpc) is 2.60. The van der Waals surface area contributed by atoms with Gasteiger partial charge in [-0.05, 0) is 70.8 Å². The first-order valence-electron chi connectivity index (χ1n) is 7.82. The van der Waals surface area contributed by atoms with Crippen molar-refractivity contribution < 1.29 is 30.0 Å². The van der Waals surface area contributed by atoms with E-state index in [9.17, 15) is 14.7 Å². The fourth-order valence-corrected chi connectivity index (χ4v) is 2.57. The minimum absolute atomic E-state index is 0.160. The fraction of sp³-hybridized carbons (Fsp3) is 0.222. The number of rotatable bonds is 6. The van der Waals surface area contributed by atoms with Crippen LogP contribution in [0.25, 0.3) is 0 Å². The predicted molar refractivity (Wildman–Crippen MR) is 108 cm³/mol. The van der Waals surface area contributed by atoms with E-state index in [0.717, 1.165) is 11.1 Å². The molecule has 146 valence electrons. The first-order chi connectivity index (χ1) is 12.6. The Morgan fingerprint density at radius 2 is 1.30 bits per heavy atom. The first kappa shape index (κ1) is 22.7. The largest absolute Gasteiger partial charge is 0.508 e. The van der Waals surface area contributed by atoms with Crippen LogP contribution in [0.4, 0.5) is 0 Å². The minimum atomic E-state index is -1.02. The van der Waals surface area contributed by atoms with Gasteiger partial charge in [0.25, 0.3) is 0 Å². The molecule has 0 aromatic heterocycles. The van der Waals surface area contributed by atoms with E-state index in [1.807, 2.05) is 22.6 Å². The lowest BCUT2D eigenvalue weighted by molar-refractivity contribution is -0.139. The summed E-state index contributed by atoms with van der Waals surface area (Å²) in [6.07, 6.45) is 0.543. The van der Waals surface area contributed by atoms with E-state index in [1.165, 1.54) is 18.2 Å². The summed E-state index contributed by atoms with van der Waals surface area (Å²) < 4.78 is 0.692. The molecule has 0 bridgehead atoms. The Bertz CT molecular complexity index is 782. The van der Waals surface area contributed by atoms with Gasteiger partial charge in [-0.25, -0.2) is 0 Å². The molecule has 0 spiro atoms. The van der Waals surface area contributed by atoms with E-state index in [2.05, 4.69) is 0 Å². The van der Waals surface area contributed by atoms with Gasteiger partial charge < -0.3 is 31.9 Å². The van der Waals surface area contributed by atoms with Crippen molar-refractivity contribution in [3.8, 4) is 11.5 Å². The summed E-state index contributed by atoms with van der Waals surface area (Å²) in [5.74, 6) is -1.69. The third-order valence-electron chi connectivity index (χ3n) is 3.49. The topological polar surface area (TPSA) is 167 Å². The Labute approximate surface area is 169 Å². The van der Waals surface area contributed by atoms with E-state index in [1.54, 1.807) is 24.3 Å². The molecule has 27 heavy (non-hydrogen) atoms. The SMILES string of the molecule is NC(Cc1ccc(O)c(I)c1)C(=O)O.NC(Cc1ccc(O)cc1)C(=O)O. The molecule has 0 radical (unpaired) electrons. The third kappa shape index (κ3) is 8.24. The summed E-state index contributed by atoms with van der Waals surface area (Å²) in [5, 5.41) is 35.3. The molecule has 0 saturated carbocycles. The van der Waals surface area contributed by atoms with Crippen LogP contribution in [0.15, 0.2) is 42.5 Å². The van der Waals surface area contributed by atoms with E-state index >= 15 is 0 Å². The molecule has 0 aliphatic rings. The second-order valence-corrected chi connectivity index (χ2v) is 6.91. The molecule has 0 heterocycles. The van der Waals surface area contributed by atoms with Crippen LogP contribution < -0.4 is 11.5 Å². The lowest BCUT2D eigenvalue weighted by Crippen LogP contribution is -2.32. The standard InChI is InChI=1S/C9H10INO3.C9H11NO3/c10-6-3-5(1-2-8(6)12)4-7(11)9(13)14;10-8(9(12)13)5-6-1-3-7(11)4-2-6/h1-3,7,12H,4,11H2,(H,13,14);1-4,8,11H,5,10H2,(H,12,13). The van der Waals surface area contributed by atoms with Crippen molar-refractivity contribution in [3.05, 3.63) is 57.2 Å². The van der Waals surface area contributed by atoms with Crippen LogP contribution in [0.2, 0.25) is 0 Å². The molecule has 9 heteroatoms. The van der Waals surface area contributed by atoms with Crippen molar-refractivity contribution in [3.63, 3.8) is 0 Å². The van der Waals surface area contributed by atoms with Crippen LogP contribution >= 0.6 is 22.6 Å². The number of benzene rings is 2. The zero-order valence-corrected chi connectivity index (χ0v) is 16.4. The Morgan fingerprint density at radius 3 is 1.74 bits per heavy atom. The number of hydrogen-bond donors (Lipinski definition) is 6. The van der Waals surface area contributed by atoms with Crippen molar-refractivity contribution in [2.75, 3.05) is 0 Å². The number of carboxylic acid groups (broad SMARTS) is 2. The average molecular weight is 488 g/mol.